The van der Waals surface area contributed by atoms with E-state index in [2.05, 4.69) is 44.9 Å². The first-order chi connectivity index (χ1) is 9.79. The molecule has 1 amide bonds. The van der Waals surface area contributed by atoms with E-state index in [-0.39, 0.29) is 11.3 Å². The summed E-state index contributed by atoms with van der Waals surface area (Å²) < 4.78 is 0. The van der Waals surface area contributed by atoms with E-state index in [1.807, 2.05) is 17.0 Å². The topological polar surface area (TPSA) is 23.6 Å². The zero-order valence-corrected chi connectivity index (χ0v) is 13.6. The molecule has 0 N–H and O–H groups in total. The van der Waals surface area contributed by atoms with Gasteiger partial charge in [0.15, 0.2) is 0 Å². The van der Waals surface area contributed by atoms with Crippen molar-refractivity contribution in [3.63, 3.8) is 0 Å². The van der Waals surface area contributed by atoms with Gasteiger partial charge in [-0.05, 0) is 43.1 Å². The first-order valence-electron chi connectivity index (χ1n) is 7.88. The first-order valence-corrected chi connectivity index (χ1v) is 7.88. The van der Waals surface area contributed by atoms with Gasteiger partial charge in [-0.2, -0.15) is 0 Å². The molecule has 2 aliphatic heterocycles. The van der Waals surface area contributed by atoms with Crippen LogP contribution in [0.5, 0.6) is 0 Å². The molecule has 2 fully saturated rings. The van der Waals surface area contributed by atoms with E-state index >= 15 is 0 Å². The van der Waals surface area contributed by atoms with Crippen LogP contribution in [0, 0.1) is 5.41 Å². The number of rotatable bonds is 1. The lowest BCUT2D eigenvalue weighted by Crippen LogP contribution is -2.59. The third kappa shape index (κ3) is 2.71. The fraction of sp³-hybridized carbons (Fsp3) is 0.611. The van der Waals surface area contributed by atoms with Crippen molar-refractivity contribution in [2.45, 2.75) is 32.6 Å². The maximum Gasteiger partial charge on any atom is 0.253 e. The van der Waals surface area contributed by atoms with Crippen molar-refractivity contribution < 1.29 is 4.79 Å². The van der Waals surface area contributed by atoms with Crippen LogP contribution in [-0.2, 0) is 5.41 Å². The lowest BCUT2D eigenvalue weighted by Gasteiger charge is -2.48. The molecule has 21 heavy (non-hydrogen) atoms. The lowest BCUT2D eigenvalue weighted by molar-refractivity contribution is 0.0118. The second-order valence-electron chi connectivity index (χ2n) is 7.98. The summed E-state index contributed by atoms with van der Waals surface area (Å²) in [7, 11) is 2.17. The van der Waals surface area contributed by atoms with Gasteiger partial charge in [-0.3, -0.25) is 4.79 Å². The van der Waals surface area contributed by atoms with Crippen LogP contribution >= 0.6 is 0 Å². The molecule has 1 spiro atoms. The molecule has 3 heteroatoms. The van der Waals surface area contributed by atoms with Crippen LogP contribution < -0.4 is 0 Å². The fourth-order valence-corrected chi connectivity index (χ4v) is 3.62. The largest absolute Gasteiger partial charge is 0.337 e. The molecule has 2 aliphatic rings. The lowest BCUT2D eigenvalue weighted by atomic mass is 9.78. The molecule has 0 aliphatic carbocycles. The van der Waals surface area contributed by atoms with Gasteiger partial charge in [-0.15, -0.1) is 0 Å². The van der Waals surface area contributed by atoms with Crippen LogP contribution in [0.25, 0.3) is 0 Å². The number of carbonyl (C=O) groups excluding carboxylic acids is 1. The molecule has 114 valence electrons. The van der Waals surface area contributed by atoms with Crippen molar-refractivity contribution >= 4 is 5.91 Å². The predicted octanol–water partition coefficient (Wildman–Crippen LogP) is 2.76. The van der Waals surface area contributed by atoms with E-state index in [4.69, 9.17) is 0 Å². The zero-order chi connectivity index (χ0) is 15.3. The molecule has 1 aromatic rings. The molecular formula is C18H26N2O. The molecule has 1 aromatic carbocycles. The summed E-state index contributed by atoms with van der Waals surface area (Å²) in [4.78, 5) is 16.9. The van der Waals surface area contributed by atoms with Crippen molar-refractivity contribution in [1.29, 1.82) is 0 Å². The summed E-state index contributed by atoms with van der Waals surface area (Å²) in [5, 5.41) is 0. The predicted molar refractivity (Wildman–Crippen MR) is 85.6 cm³/mol. The second-order valence-corrected chi connectivity index (χ2v) is 7.98. The average molecular weight is 286 g/mol. The summed E-state index contributed by atoms with van der Waals surface area (Å²) in [5.74, 6) is 0.190. The quantitative estimate of drug-likeness (QED) is 0.792. The number of hydrogen-bond donors (Lipinski definition) is 0. The molecular weight excluding hydrogens is 260 g/mol. The highest BCUT2D eigenvalue weighted by atomic mass is 16.2. The van der Waals surface area contributed by atoms with E-state index in [1.54, 1.807) is 0 Å². The number of amides is 1. The molecule has 0 unspecified atom stereocenters. The average Bonchev–Trinajstić information content (AvgIpc) is 2.78. The van der Waals surface area contributed by atoms with Gasteiger partial charge in [-0.25, -0.2) is 0 Å². The van der Waals surface area contributed by atoms with Gasteiger partial charge >= 0.3 is 0 Å². The summed E-state index contributed by atoms with van der Waals surface area (Å²) >= 11 is 0. The van der Waals surface area contributed by atoms with Crippen molar-refractivity contribution in [2.24, 2.45) is 5.41 Å². The molecule has 3 nitrogen and oxygen atoms in total. The van der Waals surface area contributed by atoms with Gasteiger partial charge in [0, 0.05) is 30.6 Å². The third-order valence-corrected chi connectivity index (χ3v) is 4.97. The molecule has 3 rings (SSSR count). The maximum absolute atomic E-state index is 12.5. The van der Waals surface area contributed by atoms with Gasteiger partial charge in [-0.1, -0.05) is 32.9 Å². The number of nitrogens with zero attached hydrogens (tertiary/aromatic N) is 2. The third-order valence-electron chi connectivity index (χ3n) is 4.97. The number of carbonyl (C=O) groups is 1. The van der Waals surface area contributed by atoms with Gasteiger partial charge in [0.2, 0.25) is 0 Å². The standard InChI is InChI=1S/C18H26N2O/c1-17(2,3)15-7-5-14(6-8-15)16(21)20-12-18(13-20)9-10-19(4)11-18/h5-8H,9-13H2,1-4H3. The highest BCUT2D eigenvalue weighted by Gasteiger charge is 2.48. The summed E-state index contributed by atoms with van der Waals surface area (Å²) in [6.07, 6.45) is 1.23. The Morgan fingerprint density at radius 3 is 2.19 bits per heavy atom. The minimum atomic E-state index is 0.136. The Balaban J connectivity index is 1.65. The van der Waals surface area contributed by atoms with Crippen molar-refractivity contribution in [3.8, 4) is 0 Å². The second kappa shape index (κ2) is 4.84. The number of benzene rings is 1. The van der Waals surface area contributed by atoms with Crippen LogP contribution in [0.2, 0.25) is 0 Å². The van der Waals surface area contributed by atoms with Gasteiger partial charge in [0.05, 0.1) is 0 Å². The molecule has 0 radical (unpaired) electrons. The molecule has 2 saturated heterocycles. The zero-order valence-electron chi connectivity index (χ0n) is 13.6. The van der Waals surface area contributed by atoms with Gasteiger partial charge in [0.25, 0.3) is 5.91 Å². The summed E-state index contributed by atoms with van der Waals surface area (Å²) in [6, 6.07) is 8.14. The Labute approximate surface area is 127 Å². The van der Waals surface area contributed by atoms with E-state index in [1.165, 1.54) is 18.5 Å². The minimum absolute atomic E-state index is 0.136. The Bertz CT molecular complexity index is 535. The maximum atomic E-state index is 12.5. The van der Waals surface area contributed by atoms with Crippen LogP contribution in [0.1, 0.15) is 43.1 Å². The molecule has 0 aromatic heterocycles. The Kier molecular flexibility index (Phi) is 3.36. The van der Waals surface area contributed by atoms with Gasteiger partial charge in [0.1, 0.15) is 0 Å². The smallest absolute Gasteiger partial charge is 0.253 e. The van der Waals surface area contributed by atoms with E-state index in [0.29, 0.717) is 5.41 Å². The van der Waals surface area contributed by atoms with Crippen LogP contribution in [0.4, 0.5) is 0 Å². The minimum Gasteiger partial charge on any atom is -0.337 e. The molecule has 0 bridgehead atoms. The van der Waals surface area contributed by atoms with Crippen LogP contribution in [0.3, 0.4) is 0 Å². The van der Waals surface area contributed by atoms with Crippen LogP contribution in [0.15, 0.2) is 24.3 Å². The Morgan fingerprint density at radius 2 is 1.71 bits per heavy atom. The Morgan fingerprint density at radius 1 is 1.10 bits per heavy atom. The van der Waals surface area contributed by atoms with Crippen molar-refractivity contribution in [2.75, 3.05) is 33.2 Å². The highest BCUT2D eigenvalue weighted by molar-refractivity contribution is 5.95. The van der Waals surface area contributed by atoms with Crippen molar-refractivity contribution in [3.05, 3.63) is 35.4 Å². The van der Waals surface area contributed by atoms with E-state index in [9.17, 15) is 4.79 Å². The fourth-order valence-electron chi connectivity index (χ4n) is 3.62. The van der Waals surface area contributed by atoms with E-state index < -0.39 is 0 Å². The van der Waals surface area contributed by atoms with Crippen molar-refractivity contribution in [1.82, 2.24) is 9.80 Å². The monoisotopic (exact) mass is 286 g/mol. The number of likely N-dealkylation sites (tertiary alicyclic amines) is 2. The molecule has 2 heterocycles. The van der Waals surface area contributed by atoms with Crippen LogP contribution in [-0.4, -0.2) is 48.9 Å². The highest BCUT2D eigenvalue weighted by Crippen LogP contribution is 2.39. The normalized spacial score (nSPS) is 21.6. The number of hydrogen-bond acceptors (Lipinski definition) is 2. The SMILES string of the molecule is CN1CCC2(C1)CN(C(=O)c1ccc(C(C)(C)C)cc1)C2. The molecule has 0 saturated carbocycles. The molecule has 0 atom stereocenters. The summed E-state index contributed by atoms with van der Waals surface area (Å²) in [5.41, 5.74) is 2.62. The van der Waals surface area contributed by atoms with Gasteiger partial charge < -0.3 is 9.80 Å². The summed E-state index contributed by atoms with van der Waals surface area (Å²) in [6.45, 7) is 10.7. The Hall–Kier alpha value is -1.35. The first kappa shape index (κ1) is 14.6. The van der Waals surface area contributed by atoms with E-state index in [0.717, 1.165) is 25.2 Å².